The van der Waals surface area contributed by atoms with Crippen molar-refractivity contribution in [3.63, 3.8) is 0 Å². The predicted octanol–water partition coefficient (Wildman–Crippen LogP) is 3.68. The van der Waals surface area contributed by atoms with Crippen molar-refractivity contribution in [3.05, 3.63) is 35.1 Å². The summed E-state index contributed by atoms with van der Waals surface area (Å²) in [4.78, 5) is 11.8. The van der Waals surface area contributed by atoms with E-state index in [1.54, 1.807) is 13.0 Å². The van der Waals surface area contributed by atoms with Crippen molar-refractivity contribution in [2.75, 3.05) is 11.9 Å². The second-order valence-electron chi connectivity index (χ2n) is 4.67. The molecule has 0 aliphatic rings. The first kappa shape index (κ1) is 15.2. The second kappa shape index (κ2) is 7.52. The van der Waals surface area contributed by atoms with Crippen molar-refractivity contribution < 1.29 is 9.18 Å². The van der Waals surface area contributed by atoms with Gasteiger partial charge in [-0.05, 0) is 49.4 Å². The van der Waals surface area contributed by atoms with E-state index in [9.17, 15) is 9.18 Å². The molecule has 1 amide bonds. The van der Waals surface area contributed by atoms with Gasteiger partial charge in [-0.15, -0.1) is 0 Å². The lowest BCUT2D eigenvalue weighted by molar-refractivity contribution is 0.0952. The monoisotopic (exact) mass is 315 g/mol. The molecule has 1 aromatic carbocycles. The fraction of sp³-hybridized carbons (Fsp3) is 0.500. The molecule has 0 saturated heterocycles. The van der Waals surface area contributed by atoms with E-state index in [1.807, 2.05) is 0 Å². The van der Waals surface area contributed by atoms with Crippen molar-refractivity contribution in [1.82, 2.24) is 5.32 Å². The standard InChI is InChI=1S/C14H19BrFNO/c1-10(9-15)4-3-5-17-14(18)12-6-11(2)7-13(16)8-12/h6-8,10H,3-5,9H2,1-2H3,(H,17,18). The number of halogens is 2. The van der Waals surface area contributed by atoms with Crippen molar-refractivity contribution in [2.45, 2.75) is 26.7 Å². The summed E-state index contributed by atoms with van der Waals surface area (Å²) in [5.74, 6) is 0.0375. The van der Waals surface area contributed by atoms with Gasteiger partial charge in [0, 0.05) is 17.4 Å². The molecule has 1 aromatic rings. The largest absolute Gasteiger partial charge is 0.352 e. The molecule has 1 atom stereocenters. The smallest absolute Gasteiger partial charge is 0.251 e. The van der Waals surface area contributed by atoms with Gasteiger partial charge in [0.05, 0.1) is 0 Å². The van der Waals surface area contributed by atoms with Crippen LogP contribution in [0, 0.1) is 18.7 Å². The Morgan fingerprint density at radius 3 is 2.78 bits per heavy atom. The number of alkyl halides is 1. The van der Waals surface area contributed by atoms with Gasteiger partial charge in [0.1, 0.15) is 5.82 Å². The fourth-order valence-corrected chi connectivity index (χ4v) is 2.02. The molecule has 0 radical (unpaired) electrons. The third kappa shape index (κ3) is 5.17. The molecule has 2 nitrogen and oxygen atoms in total. The molecule has 0 saturated carbocycles. The van der Waals surface area contributed by atoms with Crippen LogP contribution < -0.4 is 5.32 Å². The van der Waals surface area contributed by atoms with E-state index < -0.39 is 0 Å². The minimum Gasteiger partial charge on any atom is -0.352 e. The molecular weight excluding hydrogens is 297 g/mol. The number of amides is 1. The van der Waals surface area contributed by atoms with Crippen molar-refractivity contribution >= 4 is 21.8 Å². The number of carbonyl (C=O) groups excluding carboxylic acids is 1. The number of rotatable bonds is 6. The number of aryl methyl sites for hydroxylation is 1. The van der Waals surface area contributed by atoms with E-state index in [0.717, 1.165) is 23.7 Å². The molecule has 18 heavy (non-hydrogen) atoms. The highest BCUT2D eigenvalue weighted by Gasteiger charge is 2.07. The quantitative estimate of drug-likeness (QED) is 0.629. The Bertz CT molecular complexity index is 389. The number of carbonyl (C=O) groups is 1. The van der Waals surface area contributed by atoms with Crippen LogP contribution in [-0.4, -0.2) is 17.8 Å². The van der Waals surface area contributed by atoms with Gasteiger partial charge in [-0.1, -0.05) is 22.9 Å². The molecule has 1 N–H and O–H groups in total. The lowest BCUT2D eigenvalue weighted by Crippen LogP contribution is -2.25. The van der Waals surface area contributed by atoms with Crippen molar-refractivity contribution in [1.29, 1.82) is 0 Å². The van der Waals surface area contributed by atoms with Gasteiger partial charge in [-0.2, -0.15) is 0 Å². The van der Waals surface area contributed by atoms with Crippen LogP contribution in [0.5, 0.6) is 0 Å². The molecule has 0 heterocycles. The van der Waals surface area contributed by atoms with Crippen LogP contribution in [0.3, 0.4) is 0 Å². The van der Waals surface area contributed by atoms with Gasteiger partial charge >= 0.3 is 0 Å². The van der Waals surface area contributed by atoms with Gasteiger partial charge in [0.25, 0.3) is 5.91 Å². The first-order valence-electron chi connectivity index (χ1n) is 6.14. The maximum absolute atomic E-state index is 13.1. The first-order valence-corrected chi connectivity index (χ1v) is 7.26. The number of nitrogens with one attached hydrogen (secondary N) is 1. The summed E-state index contributed by atoms with van der Waals surface area (Å²) in [5.41, 5.74) is 1.15. The highest BCUT2D eigenvalue weighted by atomic mass is 79.9. The van der Waals surface area contributed by atoms with Crippen LogP contribution in [0.1, 0.15) is 35.7 Å². The Balaban J connectivity index is 2.41. The minimum absolute atomic E-state index is 0.205. The zero-order chi connectivity index (χ0) is 13.5. The zero-order valence-corrected chi connectivity index (χ0v) is 12.4. The van der Waals surface area contributed by atoms with Crippen LogP contribution in [0.15, 0.2) is 18.2 Å². The van der Waals surface area contributed by atoms with Gasteiger partial charge in [-0.3, -0.25) is 4.79 Å². The molecule has 0 fully saturated rings. The SMILES string of the molecule is Cc1cc(F)cc(C(=O)NCCCC(C)CBr)c1. The van der Waals surface area contributed by atoms with Crippen LogP contribution in [0.25, 0.3) is 0 Å². The summed E-state index contributed by atoms with van der Waals surface area (Å²) in [6.45, 7) is 4.57. The molecular formula is C14H19BrFNO. The lowest BCUT2D eigenvalue weighted by Gasteiger charge is -2.09. The number of hydrogen-bond acceptors (Lipinski definition) is 1. The molecule has 1 rings (SSSR count). The van der Waals surface area contributed by atoms with Crippen LogP contribution in [-0.2, 0) is 0 Å². The summed E-state index contributed by atoms with van der Waals surface area (Å²) >= 11 is 3.42. The van der Waals surface area contributed by atoms with E-state index >= 15 is 0 Å². The summed E-state index contributed by atoms with van der Waals surface area (Å²) < 4.78 is 13.1. The average Bonchev–Trinajstić information content (AvgIpc) is 2.32. The Kier molecular flexibility index (Phi) is 6.33. The van der Waals surface area contributed by atoms with Gasteiger partial charge < -0.3 is 5.32 Å². The fourth-order valence-electron chi connectivity index (χ4n) is 1.70. The molecule has 0 spiro atoms. The Hall–Kier alpha value is -0.900. The number of hydrogen-bond donors (Lipinski definition) is 1. The second-order valence-corrected chi connectivity index (χ2v) is 5.32. The molecule has 1 unspecified atom stereocenters. The van der Waals surface area contributed by atoms with Gasteiger partial charge in [0.15, 0.2) is 0 Å². The lowest BCUT2D eigenvalue weighted by atomic mass is 10.1. The zero-order valence-electron chi connectivity index (χ0n) is 10.8. The van der Waals surface area contributed by atoms with Crippen molar-refractivity contribution in [2.24, 2.45) is 5.92 Å². The molecule has 0 bridgehead atoms. The summed E-state index contributed by atoms with van der Waals surface area (Å²) in [6.07, 6.45) is 2.00. The van der Waals surface area contributed by atoms with Crippen LogP contribution in [0.2, 0.25) is 0 Å². The predicted molar refractivity (Wildman–Crippen MR) is 75.7 cm³/mol. The Labute approximate surface area is 116 Å². The molecule has 4 heteroatoms. The van der Waals surface area contributed by atoms with Crippen LogP contribution >= 0.6 is 15.9 Å². The summed E-state index contributed by atoms with van der Waals surface area (Å²) in [5, 5.41) is 3.79. The first-order chi connectivity index (χ1) is 8.52. The minimum atomic E-state index is -0.368. The maximum Gasteiger partial charge on any atom is 0.251 e. The third-order valence-electron chi connectivity index (χ3n) is 2.73. The average molecular weight is 316 g/mol. The summed E-state index contributed by atoms with van der Waals surface area (Å²) in [7, 11) is 0. The molecule has 0 aliphatic carbocycles. The van der Waals surface area contributed by atoms with Gasteiger partial charge in [0.2, 0.25) is 0 Å². The molecule has 100 valence electrons. The molecule has 0 aliphatic heterocycles. The van der Waals surface area contributed by atoms with Crippen molar-refractivity contribution in [3.8, 4) is 0 Å². The highest BCUT2D eigenvalue weighted by molar-refractivity contribution is 9.09. The van der Waals surface area contributed by atoms with Gasteiger partial charge in [-0.25, -0.2) is 4.39 Å². The Morgan fingerprint density at radius 1 is 1.44 bits per heavy atom. The third-order valence-corrected chi connectivity index (χ3v) is 3.83. The van der Waals surface area contributed by atoms with E-state index in [1.165, 1.54) is 12.1 Å². The normalized spacial score (nSPS) is 12.2. The van der Waals surface area contributed by atoms with E-state index in [2.05, 4.69) is 28.2 Å². The summed E-state index contributed by atoms with van der Waals surface area (Å²) in [6, 6.07) is 4.37. The van der Waals surface area contributed by atoms with Crippen LogP contribution in [0.4, 0.5) is 4.39 Å². The highest BCUT2D eigenvalue weighted by Crippen LogP contribution is 2.09. The topological polar surface area (TPSA) is 29.1 Å². The van der Waals surface area contributed by atoms with E-state index in [0.29, 0.717) is 18.0 Å². The Morgan fingerprint density at radius 2 is 2.17 bits per heavy atom. The van der Waals surface area contributed by atoms with E-state index in [-0.39, 0.29) is 11.7 Å². The maximum atomic E-state index is 13.1. The van der Waals surface area contributed by atoms with E-state index in [4.69, 9.17) is 0 Å². The number of benzene rings is 1. The molecule has 0 aromatic heterocycles.